The molecule has 0 atom stereocenters. The number of hydrogen-bond donors (Lipinski definition) is 2. The number of aromatic hydroxyl groups is 2. The molecule has 0 saturated carbocycles. The lowest BCUT2D eigenvalue weighted by molar-refractivity contribution is 0.235. The zero-order chi connectivity index (χ0) is 13.2. The Morgan fingerprint density at radius 2 is 1.89 bits per heavy atom. The predicted octanol–water partition coefficient (Wildman–Crippen LogP) is 1.45. The van der Waals surface area contributed by atoms with E-state index in [4.69, 9.17) is 0 Å². The fraction of sp³-hybridized carbons (Fsp3) is 0.286. The molecule has 1 aromatic heterocycles. The van der Waals surface area contributed by atoms with Crippen LogP contribution in [0.2, 0.25) is 0 Å². The van der Waals surface area contributed by atoms with Crippen LogP contribution in [0.15, 0.2) is 30.3 Å². The highest BCUT2D eigenvalue weighted by atomic mass is 16.3. The summed E-state index contributed by atoms with van der Waals surface area (Å²) in [4.78, 5) is 9.81. The molecule has 98 valence electrons. The van der Waals surface area contributed by atoms with Crippen molar-refractivity contribution < 1.29 is 10.2 Å². The first-order valence-electron chi connectivity index (χ1n) is 6.26. The van der Waals surface area contributed by atoms with Gasteiger partial charge in [0.15, 0.2) is 0 Å². The van der Waals surface area contributed by atoms with Crippen molar-refractivity contribution in [2.24, 2.45) is 0 Å². The molecular weight excluding hydrogens is 242 g/mol. The number of rotatable bonds is 2. The van der Waals surface area contributed by atoms with Gasteiger partial charge in [-0.05, 0) is 5.56 Å². The van der Waals surface area contributed by atoms with Gasteiger partial charge in [-0.3, -0.25) is 4.90 Å². The summed E-state index contributed by atoms with van der Waals surface area (Å²) in [7, 11) is 0. The Labute approximate surface area is 111 Å². The zero-order valence-corrected chi connectivity index (χ0v) is 10.5. The van der Waals surface area contributed by atoms with Gasteiger partial charge in [0.25, 0.3) is 0 Å². The molecule has 1 aliphatic rings. The van der Waals surface area contributed by atoms with Gasteiger partial charge in [0.1, 0.15) is 0 Å². The summed E-state index contributed by atoms with van der Waals surface area (Å²) in [6.45, 7) is 2.30. The molecule has 1 aliphatic heterocycles. The van der Waals surface area contributed by atoms with Crippen molar-refractivity contribution >= 4 is 0 Å². The van der Waals surface area contributed by atoms with Crippen molar-refractivity contribution in [1.82, 2.24) is 14.9 Å². The summed E-state index contributed by atoms with van der Waals surface area (Å²) in [5, 5.41) is 19.1. The Morgan fingerprint density at radius 1 is 1.11 bits per heavy atom. The normalized spacial score (nSPS) is 15.2. The van der Waals surface area contributed by atoms with Crippen LogP contribution in [0, 0.1) is 0 Å². The molecule has 5 heteroatoms. The lowest BCUT2D eigenvalue weighted by Gasteiger charge is -2.28. The van der Waals surface area contributed by atoms with E-state index in [0.29, 0.717) is 13.0 Å². The van der Waals surface area contributed by atoms with Gasteiger partial charge in [-0.1, -0.05) is 30.3 Å². The van der Waals surface area contributed by atoms with E-state index >= 15 is 0 Å². The number of fused-ring (bicyclic) bond motifs is 1. The van der Waals surface area contributed by atoms with E-state index in [-0.39, 0.29) is 11.9 Å². The van der Waals surface area contributed by atoms with Crippen molar-refractivity contribution in [1.29, 1.82) is 0 Å². The highest BCUT2D eigenvalue weighted by Crippen LogP contribution is 2.26. The van der Waals surface area contributed by atoms with E-state index in [0.717, 1.165) is 24.3 Å². The maximum absolute atomic E-state index is 9.78. The lowest BCUT2D eigenvalue weighted by atomic mass is 10.1. The van der Waals surface area contributed by atoms with Gasteiger partial charge in [-0.25, -0.2) is 0 Å². The van der Waals surface area contributed by atoms with Crippen LogP contribution >= 0.6 is 0 Å². The summed E-state index contributed by atoms with van der Waals surface area (Å²) in [5.41, 5.74) is 2.71. The summed E-state index contributed by atoms with van der Waals surface area (Å²) >= 11 is 0. The van der Waals surface area contributed by atoms with E-state index in [1.165, 1.54) is 5.56 Å². The first kappa shape index (κ1) is 11.9. The summed E-state index contributed by atoms with van der Waals surface area (Å²) in [6.07, 6.45) is 0.714. The van der Waals surface area contributed by atoms with Gasteiger partial charge in [-0.2, -0.15) is 9.97 Å². The minimum Gasteiger partial charge on any atom is -0.493 e. The van der Waals surface area contributed by atoms with Crippen molar-refractivity contribution in [3.05, 3.63) is 47.2 Å². The Bertz CT molecular complexity index is 587. The van der Waals surface area contributed by atoms with Gasteiger partial charge < -0.3 is 10.2 Å². The number of aromatic nitrogens is 2. The summed E-state index contributed by atoms with van der Waals surface area (Å²) in [5.74, 6) is -0.111. The second-order valence-electron chi connectivity index (χ2n) is 4.72. The average molecular weight is 257 g/mol. The van der Waals surface area contributed by atoms with Crippen molar-refractivity contribution in [3.63, 3.8) is 0 Å². The van der Waals surface area contributed by atoms with Crippen LogP contribution in [0.5, 0.6) is 11.9 Å². The molecule has 0 spiro atoms. The number of benzene rings is 1. The van der Waals surface area contributed by atoms with Crippen LogP contribution in [0.3, 0.4) is 0 Å². The van der Waals surface area contributed by atoms with E-state index < -0.39 is 0 Å². The molecule has 3 rings (SSSR count). The molecule has 5 nitrogen and oxygen atoms in total. The molecule has 19 heavy (non-hydrogen) atoms. The van der Waals surface area contributed by atoms with E-state index in [2.05, 4.69) is 27.0 Å². The first-order chi connectivity index (χ1) is 9.22. The second kappa shape index (κ2) is 4.85. The van der Waals surface area contributed by atoms with Gasteiger partial charge in [0.2, 0.25) is 5.88 Å². The molecule has 0 fully saturated rings. The fourth-order valence-electron chi connectivity index (χ4n) is 2.42. The van der Waals surface area contributed by atoms with Gasteiger partial charge in [0, 0.05) is 31.6 Å². The molecule has 1 aromatic carbocycles. The number of nitrogens with zero attached hydrogens (tertiary/aromatic N) is 3. The monoisotopic (exact) mass is 257 g/mol. The molecular formula is C14H15N3O2. The Hall–Kier alpha value is -2.14. The quantitative estimate of drug-likeness (QED) is 0.852. The minimum atomic E-state index is -0.354. The van der Waals surface area contributed by atoms with Crippen LogP contribution in [0.1, 0.15) is 16.8 Å². The molecule has 0 saturated heterocycles. The van der Waals surface area contributed by atoms with Gasteiger partial charge >= 0.3 is 6.01 Å². The third-order valence-electron chi connectivity index (χ3n) is 3.35. The maximum atomic E-state index is 9.78. The Balaban J connectivity index is 1.79. The standard InChI is InChI=1S/C14H15N3O2/c18-13-11-9-17(8-10-4-2-1-3-5-10)7-6-12(11)15-14(19)16-13/h1-5H,6-9H2,(H2,15,16,18,19). The van der Waals surface area contributed by atoms with Crippen LogP contribution in [-0.2, 0) is 19.5 Å². The molecule has 0 amide bonds. The van der Waals surface area contributed by atoms with E-state index in [1.807, 2.05) is 18.2 Å². The highest BCUT2D eigenvalue weighted by Gasteiger charge is 2.22. The molecule has 2 aromatic rings. The first-order valence-corrected chi connectivity index (χ1v) is 6.26. The SMILES string of the molecule is Oc1nc(O)c2c(n1)CCN(Cc1ccccc1)C2. The van der Waals surface area contributed by atoms with Crippen molar-refractivity contribution in [2.75, 3.05) is 6.54 Å². The van der Waals surface area contributed by atoms with Crippen LogP contribution in [-0.4, -0.2) is 31.6 Å². The molecule has 2 heterocycles. The Kier molecular flexibility index (Phi) is 3.05. The molecule has 0 radical (unpaired) electrons. The van der Waals surface area contributed by atoms with Crippen LogP contribution < -0.4 is 0 Å². The Morgan fingerprint density at radius 3 is 2.68 bits per heavy atom. The largest absolute Gasteiger partial charge is 0.493 e. The third kappa shape index (κ3) is 2.51. The van der Waals surface area contributed by atoms with Crippen molar-refractivity contribution in [2.45, 2.75) is 19.5 Å². The topological polar surface area (TPSA) is 69.5 Å². The summed E-state index contributed by atoms with van der Waals surface area (Å²) < 4.78 is 0. The lowest BCUT2D eigenvalue weighted by Crippen LogP contribution is -2.30. The zero-order valence-electron chi connectivity index (χ0n) is 10.5. The molecule has 0 unspecified atom stereocenters. The van der Waals surface area contributed by atoms with E-state index in [1.54, 1.807) is 0 Å². The van der Waals surface area contributed by atoms with Gasteiger partial charge in [-0.15, -0.1) is 0 Å². The van der Waals surface area contributed by atoms with E-state index in [9.17, 15) is 10.2 Å². The van der Waals surface area contributed by atoms with Crippen LogP contribution in [0.25, 0.3) is 0 Å². The average Bonchev–Trinajstić information content (AvgIpc) is 2.40. The van der Waals surface area contributed by atoms with Crippen LogP contribution in [0.4, 0.5) is 0 Å². The predicted molar refractivity (Wildman–Crippen MR) is 69.6 cm³/mol. The second-order valence-corrected chi connectivity index (χ2v) is 4.72. The maximum Gasteiger partial charge on any atom is 0.317 e. The molecule has 2 N–H and O–H groups in total. The minimum absolute atomic E-state index is 0.111. The van der Waals surface area contributed by atoms with Gasteiger partial charge in [0.05, 0.1) is 5.69 Å². The fourth-order valence-corrected chi connectivity index (χ4v) is 2.42. The summed E-state index contributed by atoms with van der Waals surface area (Å²) in [6, 6.07) is 9.85. The molecule has 0 bridgehead atoms. The highest BCUT2D eigenvalue weighted by molar-refractivity contribution is 5.33. The number of hydrogen-bond acceptors (Lipinski definition) is 5. The van der Waals surface area contributed by atoms with Crippen molar-refractivity contribution in [3.8, 4) is 11.9 Å². The molecule has 0 aliphatic carbocycles. The smallest absolute Gasteiger partial charge is 0.317 e. The third-order valence-corrected chi connectivity index (χ3v) is 3.35.